The van der Waals surface area contributed by atoms with Gasteiger partial charge in [-0.2, -0.15) is 0 Å². The first-order chi connectivity index (χ1) is 9.36. The molecule has 1 aromatic carbocycles. The SMILES string of the molecule is COC(=O)c1cc(N)cc(N2CCCCS2(=O)=O)c1F. The number of carbonyl (C=O) groups is 1. The Morgan fingerprint density at radius 1 is 1.40 bits per heavy atom. The maximum absolute atomic E-state index is 14.4. The third-order valence-electron chi connectivity index (χ3n) is 3.10. The molecule has 1 saturated heterocycles. The summed E-state index contributed by atoms with van der Waals surface area (Å²) in [6.07, 6.45) is 1.16. The van der Waals surface area contributed by atoms with E-state index in [1.807, 2.05) is 0 Å². The van der Waals surface area contributed by atoms with Crippen LogP contribution in [0.4, 0.5) is 15.8 Å². The van der Waals surface area contributed by atoms with Crippen molar-refractivity contribution in [2.24, 2.45) is 0 Å². The summed E-state index contributed by atoms with van der Waals surface area (Å²) in [5.74, 6) is -1.88. The standard InChI is InChI=1S/C12H15FN2O4S/c1-19-12(16)9-6-8(14)7-10(11(9)13)15-4-2-3-5-20(15,17)18/h6-7H,2-5,14H2,1H3. The van der Waals surface area contributed by atoms with Crippen molar-refractivity contribution in [2.75, 3.05) is 29.4 Å². The third kappa shape index (κ3) is 2.55. The fraction of sp³-hybridized carbons (Fsp3) is 0.417. The summed E-state index contributed by atoms with van der Waals surface area (Å²) in [5.41, 5.74) is 5.14. The average Bonchev–Trinajstić information content (AvgIpc) is 2.40. The van der Waals surface area contributed by atoms with Crippen LogP contribution in [-0.4, -0.2) is 33.8 Å². The molecule has 1 heterocycles. The Bertz CT molecular complexity index is 645. The zero-order valence-corrected chi connectivity index (χ0v) is 11.7. The van der Waals surface area contributed by atoms with Crippen LogP contribution in [0.5, 0.6) is 0 Å². The molecule has 0 amide bonds. The van der Waals surface area contributed by atoms with E-state index in [1.165, 1.54) is 6.07 Å². The van der Waals surface area contributed by atoms with E-state index in [9.17, 15) is 17.6 Å². The normalized spacial score (nSPS) is 17.8. The number of halogens is 1. The highest BCUT2D eigenvalue weighted by atomic mass is 32.2. The number of sulfonamides is 1. The Hall–Kier alpha value is -1.83. The number of rotatable bonds is 2. The van der Waals surface area contributed by atoms with Gasteiger partial charge in [-0.1, -0.05) is 0 Å². The van der Waals surface area contributed by atoms with Gasteiger partial charge in [0.25, 0.3) is 0 Å². The second-order valence-electron chi connectivity index (χ2n) is 4.49. The van der Waals surface area contributed by atoms with Gasteiger partial charge in [-0.3, -0.25) is 4.31 Å². The van der Waals surface area contributed by atoms with Crippen LogP contribution >= 0.6 is 0 Å². The predicted octanol–water partition coefficient (Wildman–Crippen LogP) is 1.12. The van der Waals surface area contributed by atoms with Crippen LogP contribution in [0.15, 0.2) is 12.1 Å². The van der Waals surface area contributed by atoms with Crippen molar-refractivity contribution in [1.82, 2.24) is 0 Å². The first kappa shape index (κ1) is 14.6. The molecule has 2 rings (SSSR count). The number of anilines is 2. The van der Waals surface area contributed by atoms with Crippen LogP contribution in [-0.2, 0) is 14.8 Å². The summed E-state index contributed by atoms with van der Waals surface area (Å²) in [5, 5.41) is 0. The number of methoxy groups -OCH3 is 1. The Morgan fingerprint density at radius 2 is 2.10 bits per heavy atom. The molecule has 1 fully saturated rings. The molecule has 0 unspecified atom stereocenters. The molecule has 110 valence electrons. The molecule has 0 radical (unpaired) electrons. The smallest absolute Gasteiger partial charge is 0.341 e. The van der Waals surface area contributed by atoms with E-state index in [4.69, 9.17) is 5.73 Å². The Morgan fingerprint density at radius 3 is 2.70 bits per heavy atom. The van der Waals surface area contributed by atoms with Gasteiger partial charge in [0.05, 0.1) is 24.1 Å². The van der Waals surface area contributed by atoms with Crippen molar-refractivity contribution < 1.29 is 22.3 Å². The van der Waals surface area contributed by atoms with Crippen LogP contribution in [0.2, 0.25) is 0 Å². The second kappa shape index (κ2) is 5.28. The van der Waals surface area contributed by atoms with E-state index in [-0.39, 0.29) is 29.2 Å². The molecule has 0 aliphatic carbocycles. The summed E-state index contributed by atoms with van der Waals surface area (Å²) in [6.45, 7) is 0.170. The van der Waals surface area contributed by atoms with Crippen molar-refractivity contribution in [3.05, 3.63) is 23.5 Å². The molecular formula is C12H15FN2O4S. The summed E-state index contributed by atoms with van der Waals surface area (Å²) in [4.78, 5) is 11.5. The molecule has 8 heteroatoms. The fourth-order valence-electron chi connectivity index (χ4n) is 2.13. The number of carbonyl (C=O) groups excluding carboxylic acids is 1. The van der Waals surface area contributed by atoms with Crippen molar-refractivity contribution >= 4 is 27.4 Å². The van der Waals surface area contributed by atoms with Gasteiger partial charge in [-0.25, -0.2) is 17.6 Å². The van der Waals surface area contributed by atoms with Gasteiger partial charge in [0.15, 0.2) is 5.82 Å². The highest BCUT2D eigenvalue weighted by Crippen LogP contribution is 2.30. The summed E-state index contributed by atoms with van der Waals surface area (Å²) >= 11 is 0. The monoisotopic (exact) mass is 302 g/mol. The second-order valence-corrected chi connectivity index (χ2v) is 6.50. The van der Waals surface area contributed by atoms with Crippen LogP contribution in [0.1, 0.15) is 23.2 Å². The molecule has 1 aliphatic rings. The average molecular weight is 302 g/mol. The number of esters is 1. The van der Waals surface area contributed by atoms with Crippen molar-refractivity contribution in [1.29, 1.82) is 0 Å². The molecule has 20 heavy (non-hydrogen) atoms. The number of ether oxygens (including phenoxy) is 1. The highest BCUT2D eigenvalue weighted by Gasteiger charge is 2.30. The summed E-state index contributed by atoms with van der Waals surface area (Å²) < 4.78 is 43.8. The molecule has 0 aromatic heterocycles. The number of nitrogens with zero attached hydrogens (tertiary/aromatic N) is 1. The van der Waals surface area contributed by atoms with Crippen molar-refractivity contribution in [3.63, 3.8) is 0 Å². The Kier molecular flexibility index (Phi) is 3.85. The predicted molar refractivity (Wildman–Crippen MR) is 72.5 cm³/mol. The van der Waals surface area contributed by atoms with Crippen molar-refractivity contribution in [3.8, 4) is 0 Å². The zero-order chi connectivity index (χ0) is 14.9. The van der Waals surface area contributed by atoms with Gasteiger partial charge >= 0.3 is 5.97 Å². The molecule has 0 bridgehead atoms. The number of hydrogen-bond donors (Lipinski definition) is 1. The lowest BCUT2D eigenvalue weighted by atomic mass is 10.1. The minimum atomic E-state index is -3.58. The summed E-state index contributed by atoms with van der Waals surface area (Å²) in [7, 11) is -2.47. The van der Waals surface area contributed by atoms with E-state index in [0.717, 1.165) is 17.5 Å². The van der Waals surface area contributed by atoms with Gasteiger partial charge in [-0.05, 0) is 25.0 Å². The van der Waals surface area contributed by atoms with Gasteiger partial charge < -0.3 is 10.5 Å². The van der Waals surface area contributed by atoms with Crippen LogP contribution in [0.25, 0.3) is 0 Å². The van der Waals surface area contributed by atoms with E-state index in [0.29, 0.717) is 12.8 Å². The molecule has 1 aromatic rings. The molecule has 0 saturated carbocycles. The van der Waals surface area contributed by atoms with E-state index in [2.05, 4.69) is 4.74 Å². The lowest BCUT2D eigenvalue weighted by Crippen LogP contribution is -2.38. The maximum atomic E-state index is 14.4. The van der Waals surface area contributed by atoms with E-state index in [1.54, 1.807) is 0 Å². The lowest BCUT2D eigenvalue weighted by Gasteiger charge is -2.29. The first-order valence-electron chi connectivity index (χ1n) is 6.04. The Labute approximate surface area is 116 Å². The molecule has 0 spiro atoms. The van der Waals surface area contributed by atoms with E-state index >= 15 is 0 Å². The van der Waals surface area contributed by atoms with E-state index < -0.39 is 21.8 Å². The number of nitrogens with two attached hydrogens (primary N) is 1. The molecule has 2 N–H and O–H groups in total. The zero-order valence-electron chi connectivity index (χ0n) is 10.9. The number of benzene rings is 1. The minimum Gasteiger partial charge on any atom is -0.465 e. The molecule has 6 nitrogen and oxygen atoms in total. The number of nitrogen functional groups attached to an aromatic ring is 1. The maximum Gasteiger partial charge on any atom is 0.341 e. The summed E-state index contributed by atoms with van der Waals surface area (Å²) in [6, 6.07) is 2.34. The van der Waals surface area contributed by atoms with Gasteiger partial charge in [0.1, 0.15) is 0 Å². The third-order valence-corrected chi connectivity index (χ3v) is 4.95. The molecular weight excluding hydrogens is 287 g/mol. The lowest BCUT2D eigenvalue weighted by molar-refractivity contribution is 0.0595. The fourth-order valence-corrected chi connectivity index (χ4v) is 3.76. The largest absolute Gasteiger partial charge is 0.465 e. The highest BCUT2D eigenvalue weighted by molar-refractivity contribution is 7.92. The number of hydrogen-bond acceptors (Lipinski definition) is 5. The van der Waals surface area contributed by atoms with Crippen LogP contribution in [0.3, 0.4) is 0 Å². The van der Waals surface area contributed by atoms with Gasteiger partial charge in [-0.15, -0.1) is 0 Å². The quantitative estimate of drug-likeness (QED) is 0.653. The topological polar surface area (TPSA) is 89.7 Å². The van der Waals surface area contributed by atoms with Crippen LogP contribution in [0, 0.1) is 5.82 Å². The first-order valence-corrected chi connectivity index (χ1v) is 7.65. The van der Waals surface area contributed by atoms with Gasteiger partial charge in [0.2, 0.25) is 10.0 Å². The van der Waals surface area contributed by atoms with Gasteiger partial charge in [0, 0.05) is 12.2 Å². The Balaban J connectivity index is 2.57. The molecule has 1 aliphatic heterocycles. The van der Waals surface area contributed by atoms with Crippen molar-refractivity contribution in [2.45, 2.75) is 12.8 Å². The van der Waals surface area contributed by atoms with Crippen LogP contribution < -0.4 is 10.0 Å². The minimum absolute atomic E-state index is 0.0468. The molecule has 0 atom stereocenters.